The van der Waals surface area contributed by atoms with Crippen LogP contribution in [0.2, 0.25) is 0 Å². The van der Waals surface area contributed by atoms with Crippen LogP contribution in [0.4, 0.5) is 5.69 Å². The molecule has 1 aromatic rings. The minimum Gasteiger partial charge on any atom is -0.455 e. The van der Waals surface area contributed by atoms with Crippen LogP contribution in [0.3, 0.4) is 0 Å². The number of benzene rings is 1. The van der Waals surface area contributed by atoms with Gasteiger partial charge in [-0.15, -0.1) is 0 Å². The van der Waals surface area contributed by atoms with E-state index in [1.54, 1.807) is 0 Å². The van der Waals surface area contributed by atoms with Gasteiger partial charge in [-0.2, -0.15) is 0 Å². The maximum Gasteiger partial charge on any atom is 0.309 e. The number of esters is 1. The highest BCUT2D eigenvalue weighted by Gasteiger charge is 2.40. The number of carbonyl (C=O) groups excluding carboxylic acids is 2. The molecule has 0 spiro atoms. The molecule has 5 heteroatoms. The lowest BCUT2D eigenvalue weighted by Crippen LogP contribution is -2.22. The molecule has 0 aromatic heterocycles. The molecule has 96 valence electrons. The van der Waals surface area contributed by atoms with E-state index in [0.29, 0.717) is 5.92 Å². The normalized spacial score (nSPS) is 21.2. The van der Waals surface area contributed by atoms with Crippen LogP contribution in [-0.2, 0) is 14.3 Å². The number of hydrogen-bond donors (Lipinski definition) is 1. The van der Waals surface area contributed by atoms with Crippen LogP contribution >= 0.6 is 22.6 Å². The predicted molar refractivity (Wildman–Crippen MR) is 76.0 cm³/mol. The lowest BCUT2D eigenvalue weighted by atomic mass is 10.3. The van der Waals surface area contributed by atoms with Crippen molar-refractivity contribution in [1.29, 1.82) is 0 Å². The molecule has 0 unspecified atom stereocenters. The number of amides is 1. The third kappa shape index (κ3) is 3.44. The molecule has 2 rings (SSSR count). The summed E-state index contributed by atoms with van der Waals surface area (Å²) in [6, 6.07) is 7.44. The number of ether oxygens (including phenoxy) is 1. The SMILES string of the molecule is C[C@@H]1C[C@H]1C(=O)OCC(=O)Nc1ccccc1I. The van der Waals surface area contributed by atoms with Crippen LogP contribution in [-0.4, -0.2) is 18.5 Å². The second-order valence-electron chi connectivity index (χ2n) is 4.46. The summed E-state index contributed by atoms with van der Waals surface area (Å²) in [5, 5.41) is 2.71. The first-order chi connectivity index (χ1) is 8.58. The Labute approximate surface area is 119 Å². The number of carbonyl (C=O) groups is 2. The highest BCUT2D eigenvalue weighted by atomic mass is 127. The molecule has 1 aromatic carbocycles. The van der Waals surface area contributed by atoms with Crippen molar-refractivity contribution < 1.29 is 14.3 Å². The standard InChI is InChI=1S/C13H14INO3/c1-8-6-9(8)13(17)18-7-12(16)15-11-5-3-2-4-10(11)14/h2-5,8-9H,6-7H2,1H3,(H,15,16)/t8-,9-/m1/s1. The Morgan fingerprint density at radius 1 is 1.44 bits per heavy atom. The highest BCUT2D eigenvalue weighted by Crippen LogP contribution is 2.38. The van der Waals surface area contributed by atoms with E-state index in [4.69, 9.17) is 4.74 Å². The number of rotatable bonds is 4. The van der Waals surface area contributed by atoms with Gasteiger partial charge in [0.1, 0.15) is 0 Å². The maximum absolute atomic E-state index is 11.6. The van der Waals surface area contributed by atoms with Gasteiger partial charge in [0.15, 0.2) is 6.61 Å². The molecule has 2 atom stereocenters. The van der Waals surface area contributed by atoms with Crippen molar-refractivity contribution in [2.45, 2.75) is 13.3 Å². The summed E-state index contributed by atoms with van der Waals surface area (Å²) in [5.41, 5.74) is 0.735. The topological polar surface area (TPSA) is 55.4 Å². The number of halogens is 1. The van der Waals surface area contributed by atoms with Crippen LogP contribution in [0.1, 0.15) is 13.3 Å². The fraction of sp³-hybridized carbons (Fsp3) is 0.385. The molecular weight excluding hydrogens is 345 g/mol. The van der Waals surface area contributed by atoms with Gasteiger partial charge in [-0.25, -0.2) is 0 Å². The van der Waals surface area contributed by atoms with Crippen molar-refractivity contribution >= 4 is 40.2 Å². The molecule has 0 heterocycles. The molecule has 1 aliphatic carbocycles. The molecule has 1 N–H and O–H groups in total. The van der Waals surface area contributed by atoms with Gasteiger partial charge < -0.3 is 10.1 Å². The zero-order valence-corrected chi connectivity index (χ0v) is 12.1. The van der Waals surface area contributed by atoms with Gasteiger partial charge in [-0.1, -0.05) is 19.1 Å². The zero-order chi connectivity index (χ0) is 13.1. The summed E-state index contributed by atoms with van der Waals surface area (Å²) in [6.07, 6.45) is 0.872. The Morgan fingerprint density at radius 3 is 2.72 bits per heavy atom. The van der Waals surface area contributed by atoms with Crippen LogP contribution in [0.25, 0.3) is 0 Å². The van der Waals surface area contributed by atoms with Gasteiger partial charge in [0.2, 0.25) is 0 Å². The van der Waals surface area contributed by atoms with Crippen LogP contribution in [0.15, 0.2) is 24.3 Å². The van der Waals surface area contributed by atoms with Crippen LogP contribution in [0.5, 0.6) is 0 Å². The smallest absolute Gasteiger partial charge is 0.309 e. The van der Waals surface area contributed by atoms with E-state index in [0.717, 1.165) is 15.7 Å². The van der Waals surface area contributed by atoms with Gasteiger partial charge in [0.25, 0.3) is 5.91 Å². The van der Waals surface area contributed by atoms with Crippen molar-refractivity contribution in [2.75, 3.05) is 11.9 Å². The highest BCUT2D eigenvalue weighted by molar-refractivity contribution is 14.1. The zero-order valence-electron chi connectivity index (χ0n) is 9.98. The predicted octanol–water partition coefficient (Wildman–Crippen LogP) is 2.43. The molecule has 0 aliphatic heterocycles. The largest absolute Gasteiger partial charge is 0.455 e. The number of nitrogens with one attached hydrogen (secondary N) is 1. The van der Waals surface area contributed by atoms with E-state index >= 15 is 0 Å². The lowest BCUT2D eigenvalue weighted by molar-refractivity contribution is -0.148. The van der Waals surface area contributed by atoms with E-state index < -0.39 is 0 Å². The van der Waals surface area contributed by atoms with Crippen molar-refractivity contribution in [3.05, 3.63) is 27.8 Å². The molecule has 4 nitrogen and oxygen atoms in total. The van der Waals surface area contributed by atoms with Gasteiger partial charge in [0.05, 0.1) is 11.6 Å². The Balaban J connectivity index is 1.79. The van der Waals surface area contributed by atoms with Crippen molar-refractivity contribution in [1.82, 2.24) is 0 Å². The summed E-state index contributed by atoms with van der Waals surface area (Å²) >= 11 is 2.14. The fourth-order valence-corrected chi connectivity index (χ4v) is 2.17. The quantitative estimate of drug-likeness (QED) is 0.664. The van der Waals surface area contributed by atoms with E-state index in [1.165, 1.54) is 0 Å². The molecule has 1 saturated carbocycles. The van der Waals surface area contributed by atoms with Gasteiger partial charge in [0, 0.05) is 3.57 Å². The average Bonchev–Trinajstić information content (AvgIpc) is 3.06. The summed E-state index contributed by atoms with van der Waals surface area (Å²) < 4.78 is 5.91. The second-order valence-corrected chi connectivity index (χ2v) is 5.62. The molecule has 1 amide bonds. The van der Waals surface area contributed by atoms with E-state index in [1.807, 2.05) is 31.2 Å². The monoisotopic (exact) mass is 359 g/mol. The van der Waals surface area contributed by atoms with E-state index in [2.05, 4.69) is 27.9 Å². The van der Waals surface area contributed by atoms with E-state index in [9.17, 15) is 9.59 Å². The van der Waals surface area contributed by atoms with E-state index in [-0.39, 0.29) is 24.4 Å². The first kappa shape index (κ1) is 13.3. The fourth-order valence-electron chi connectivity index (χ4n) is 1.64. The summed E-state index contributed by atoms with van der Waals surface area (Å²) in [6.45, 7) is 1.78. The summed E-state index contributed by atoms with van der Waals surface area (Å²) in [4.78, 5) is 23.0. The molecule has 1 aliphatic rings. The Hall–Kier alpha value is -1.11. The van der Waals surface area contributed by atoms with Gasteiger partial charge in [-0.05, 0) is 47.1 Å². The Morgan fingerprint density at radius 2 is 2.11 bits per heavy atom. The molecule has 0 saturated heterocycles. The Bertz CT molecular complexity index is 475. The van der Waals surface area contributed by atoms with Crippen LogP contribution < -0.4 is 5.32 Å². The molecule has 1 fully saturated rings. The number of para-hydroxylation sites is 1. The molecule has 18 heavy (non-hydrogen) atoms. The minimum absolute atomic E-state index is 0.00494. The van der Waals surface area contributed by atoms with Crippen molar-refractivity contribution in [3.63, 3.8) is 0 Å². The summed E-state index contributed by atoms with van der Waals surface area (Å²) in [7, 11) is 0. The lowest BCUT2D eigenvalue weighted by Gasteiger charge is -2.07. The van der Waals surface area contributed by atoms with Gasteiger partial charge in [-0.3, -0.25) is 9.59 Å². The first-order valence-corrected chi connectivity index (χ1v) is 6.87. The second kappa shape index (κ2) is 5.69. The summed E-state index contributed by atoms with van der Waals surface area (Å²) in [5.74, 6) is -0.175. The first-order valence-electron chi connectivity index (χ1n) is 5.79. The Kier molecular flexibility index (Phi) is 4.21. The third-order valence-electron chi connectivity index (χ3n) is 2.91. The third-order valence-corrected chi connectivity index (χ3v) is 3.85. The average molecular weight is 359 g/mol. The molecule has 0 bridgehead atoms. The number of anilines is 1. The maximum atomic E-state index is 11.6. The van der Waals surface area contributed by atoms with Gasteiger partial charge >= 0.3 is 5.97 Å². The molecular formula is C13H14INO3. The van der Waals surface area contributed by atoms with Crippen molar-refractivity contribution in [3.8, 4) is 0 Å². The number of hydrogen-bond acceptors (Lipinski definition) is 3. The van der Waals surface area contributed by atoms with Crippen LogP contribution in [0, 0.1) is 15.4 Å². The molecule has 0 radical (unpaired) electrons. The van der Waals surface area contributed by atoms with Crippen molar-refractivity contribution in [2.24, 2.45) is 11.8 Å². The minimum atomic E-state index is -0.305.